The number of carbonyl (C=O) groups is 3. The minimum absolute atomic E-state index is 0.000573. The van der Waals surface area contributed by atoms with Crippen LogP contribution in [0.4, 0.5) is 5.69 Å². The van der Waals surface area contributed by atoms with Gasteiger partial charge in [-0.1, -0.05) is 25.7 Å². The summed E-state index contributed by atoms with van der Waals surface area (Å²) >= 11 is 0. The van der Waals surface area contributed by atoms with Crippen LogP contribution < -0.4 is 21.1 Å². The molecule has 11 N–H and O–H groups in total. The van der Waals surface area contributed by atoms with Gasteiger partial charge < -0.3 is 71.0 Å². The number of benzene rings is 1. The third-order valence-corrected chi connectivity index (χ3v) is 10.9. The van der Waals surface area contributed by atoms with Crippen LogP contribution in [0.15, 0.2) is 12.1 Å². The fourth-order valence-corrected chi connectivity index (χ4v) is 7.06. The molecule has 322 valence electrons. The zero-order chi connectivity index (χ0) is 41.8. The van der Waals surface area contributed by atoms with Crippen molar-refractivity contribution >= 4 is 31.0 Å². The van der Waals surface area contributed by atoms with Crippen molar-refractivity contribution in [3.63, 3.8) is 0 Å². The first-order valence-electron chi connectivity index (χ1n) is 19.4. The Balaban J connectivity index is 1.59. The van der Waals surface area contributed by atoms with Crippen molar-refractivity contribution in [3.05, 3.63) is 23.3 Å². The minimum atomic E-state index is -4.47. The number of aliphatic hydroxyl groups is 5. The first-order valence-corrected chi connectivity index (χ1v) is 21.2. The Morgan fingerprint density at radius 1 is 0.964 bits per heavy atom. The monoisotopic (exact) mass is 819 g/mol. The largest absolute Gasteiger partial charge is 0.496 e. The van der Waals surface area contributed by atoms with E-state index in [0.29, 0.717) is 49.4 Å². The molecule has 0 radical (unpaired) electrons. The van der Waals surface area contributed by atoms with Gasteiger partial charge in [0, 0.05) is 64.4 Å². The van der Waals surface area contributed by atoms with E-state index in [0.717, 1.165) is 68.5 Å². The van der Waals surface area contributed by atoms with Crippen molar-refractivity contribution in [1.29, 1.82) is 0 Å². The summed E-state index contributed by atoms with van der Waals surface area (Å²) in [6, 6.07) is 3.25. The number of amides is 3. The second-order valence-corrected chi connectivity index (χ2v) is 16.3. The van der Waals surface area contributed by atoms with Crippen molar-refractivity contribution in [2.75, 3.05) is 72.0 Å². The molecule has 0 unspecified atom stereocenters. The lowest BCUT2D eigenvalue weighted by atomic mass is 10.00. The number of ether oxygens (including phenoxy) is 2. The molecule has 19 heteroatoms. The van der Waals surface area contributed by atoms with E-state index in [4.69, 9.17) is 20.3 Å². The predicted molar refractivity (Wildman–Crippen MR) is 209 cm³/mol. The number of hydrogen-bond acceptors (Lipinski definition) is 13. The summed E-state index contributed by atoms with van der Waals surface area (Å²) < 4.78 is 22.5. The van der Waals surface area contributed by atoms with Crippen molar-refractivity contribution < 1.29 is 63.7 Å². The molecule has 56 heavy (non-hydrogen) atoms. The highest BCUT2D eigenvalue weighted by atomic mass is 31.2. The van der Waals surface area contributed by atoms with Crippen LogP contribution in [0.3, 0.4) is 0 Å². The van der Waals surface area contributed by atoms with Gasteiger partial charge in [-0.2, -0.15) is 0 Å². The van der Waals surface area contributed by atoms with Crippen LogP contribution in [0.25, 0.3) is 0 Å². The number of nitrogen functional groups attached to an aromatic ring is 1. The van der Waals surface area contributed by atoms with Gasteiger partial charge in [0.25, 0.3) is 5.91 Å². The van der Waals surface area contributed by atoms with Gasteiger partial charge in [-0.3, -0.25) is 18.9 Å². The molecule has 1 aliphatic heterocycles. The fourth-order valence-electron chi connectivity index (χ4n) is 6.55. The van der Waals surface area contributed by atoms with Crippen LogP contribution in [0.5, 0.6) is 5.75 Å². The molecule has 0 bridgehead atoms. The zero-order valence-electron chi connectivity index (χ0n) is 33.1. The summed E-state index contributed by atoms with van der Waals surface area (Å²) in [7, 11) is -1.31. The van der Waals surface area contributed by atoms with Crippen molar-refractivity contribution in [1.82, 2.24) is 20.4 Å². The maximum absolute atomic E-state index is 13.1. The standard InChI is InChI=1S/C37H66N5O13P/c1-25-20-26(31(54-2)21-27(25)38)37(50)40-28-14-17-41(23-32(28)55-3)16-11-7-8-12-33(46)39-15-10-6-4-5-9-13-34(47)42(18-19-56(51,52)53)22-29(44)35(48)36(49)30(45)24-43/h20-21,28-30,32,35-36,43-45,48-49H,4-19,22-24,38H2,1-3H3,(H,39,46)(H,40,50)(H2,51,52,53)/t28-,29+,30-,32+,35-,36-/m1/s1. The number of likely N-dealkylation sites (tertiary alicyclic amines) is 1. The number of aliphatic hydroxyl groups excluding tert-OH is 5. The molecule has 1 aliphatic rings. The van der Waals surface area contributed by atoms with Gasteiger partial charge in [-0.15, -0.1) is 0 Å². The molecule has 1 fully saturated rings. The van der Waals surface area contributed by atoms with E-state index in [1.54, 1.807) is 19.2 Å². The number of aryl methyl sites for hydroxylation is 1. The van der Waals surface area contributed by atoms with E-state index in [2.05, 4.69) is 15.5 Å². The molecule has 6 atom stereocenters. The average Bonchev–Trinajstić information content (AvgIpc) is 3.16. The number of nitrogens with two attached hydrogens (primary N) is 1. The summed E-state index contributed by atoms with van der Waals surface area (Å²) in [4.78, 5) is 60.0. The maximum Gasteiger partial charge on any atom is 0.327 e. The third-order valence-electron chi connectivity index (χ3n) is 10.1. The highest BCUT2D eigenvalue weighted by Gasteiger charge is 2.33. The maximum atomic E-state index is 13.1. The second kappa shape index (κ2) is 25.5. The first kappa shape index (κ1) is 49.2. The Hall–Kier alpha value is -2.90. The lowest BCUT2D eigenvalue weighted by Gasteiger charge is -2.38. The molecule has 0 saturated carbocycles. The molecule has 1 heterocycles. The van der Waals surface area contributed by atoms with Crippen LogP contribution >= 0.6 is 7.60 Å². The Morgan fingerprint density at radius 2 is 1.61 bits per heavy atom. The highest BCUT2D eigenvalue weighted by molar-refractivity contribution is 7.51. The summed E-state index contributed by atoms with van der Waals surface area (Å²) in [6.07, 6.45) is -0.698. The summed E-state index contributed by atoms with van der Waals surface area (Å²) in [5, 5.41) is 54.7. The molecule has 1 saturated heterocycles. The molecule has 18 nitrogen and oxygen atoms in total. The lowest BCUT2D eigenvalue weighted by molar-refractivity contribution is -0.139. The number of nitrogens with one attached hydrogen (secondary N) is 2. The van der Waals surface area contributed by atoms with E-state index in [1.807, 2.05) is 6.92 Å². The molecular formula is C37H66N5O13P. The van der Waals surface area contributed by atoms with Gasteiger partial charge >= 0.3 is 7.60 Å². The lowest BCUT2D eigenvalue weighted by Crippen LogP contribution is -2.54. The van der Waals surface area contributed by atoms with Gasteiger partial charge in [-0.25, -0.2) is 0 Å². The van der Waals surface area contributed by atoms with Gasteiger partial charge in [0.05, 0.1) is 37.6 Å². The number of rotatable bonds is 27. The number of carbonyl (C=O) groups excluding carboxylic acids is 3. The summed E-state index contributed by atoms with van der Waals surface area (Å²) in [6.45, 7) is 2.98. The Labute approximate surface area is 329 Å². The average molecular weight is 820 g/mol. The molecule has 1 aromatic rings. The molecule has 0 aromatic heterocycles. The quantitative estimate of drug-likeness (QED) is 0.0314. The van der Waals surface area contributed by atoms with E-state index in [-0.39, 0.29) is 36.9 Å². The Morgan fingerprint density at radius 3 is 2.27 bits per heavy atom. The van der Waals surface area contributed by atoms with Crippen LogP contribution in [0.2, 0.25) is 0 Å². The Bertz CT molecular complexity index is 1400. The van der Waals surface area contributed by atoms with E-state index < -0.39 is 57.2 Å². The smallest absolute Gasteiger partial charge is 0.327 e. The normalized spacial score (nSPS) is 18.5. The SMILES string of the molecule is COc1cc(N)c(C)cc1C(=O)N[C@@H]1CCN(CCCCCC(=O)NCCCCCCCC(=O)N(CCP(=O)(O)O)C[C@H](O)[C@@H](O)[C@H](O)[C@H](O)CO)C[C@@H]1OC. The van der Waals surface area contributed by atoms with Crippen LogP contribution in [0, 0.1) is 6.92 Å². The number of methoxy groups -OCH3 is 2. The van der Waals surface area contributed by atoms with Crippen molar-refractivity contribution in [3.8, 4) is 5.75 Å². The zero-order valence-corrected chi connectivity index (χ0v) is 33.9. The topological polar surface area (TPSA) is 285 Å². The minimum Gasteiger partial charge on any atom is -0.496 e. The van der Waals surface area contributed by atoms with Crippen LogP contribution in [-0.4, -0.2) is 166 Å². The fraction of sp³-hybridized carbons (Fsp3) is 0.757. The van der Waals surface area contributed by atoms with Crippen LogP contribution in [-0.2, 0) is 18.9 Å². The van der Waals surface area contributed by atoms with E-state index in [9.17, 15) is 49.2 Å². The highest BCUT2D eigenvalue weighted by Crippen LogP contribution is 2.34. The summed E-state index contributed by atoms with van der Waals surface area (Å²) in [5.74, 6) is -0.296. The first-order chi connectivity index (χ1) is 26.5. The number of hydrogen-bond donors (Lipinski definition) is 10. The van der Waals surface area contributed by atoms with E-state index >= 15 is 0 Å². The number of piperidine rings is 1. The predicted octanol–water partition coefficient (Wildman–Crippen LogP) is -0.136. The molecule has 0 spiro atoms. The Kier molecular flexibility index (Phi) is 22.4. The van der Waals surface area contributed by atoms with E-state index in [1.165, 1.54) is 7.11 Å². The number of unbranched alkanes of at least 4 members (excludes halogenated alkanes) is 6. The van der Waals surface area contributed by atoms with Gasteiger partial charge in [0.1, 0.15) is 30.2 Å². The van der Waals surface area contributed by atoms with Gasteiger partial charge in [0.2, 0.25) is 11.8 Å². The molecule has 1 aromatic carbocycles. The molecule has 2 rings (SSSR count). The summed E-state index contributed by atoms with van der Waals surface area (Å²) in [5.41, 5.74) is 7.77. The molecule has 0 aliphatic carbocycles. The second-order valence-electron chi connectivity index (χ2n) is 14.6. The third kappa shape index (κ3) is 17.7. The van der Waals surface area contributed by atoms with Gasteiger partial charge in [0.15, 0.2) is 0 Å². The molecule has 3 amide bonds. The van der Waals surface area contributed by atoms with Gasteiger partial charge in [-0.05, 0) is 57.2 Å². The van der Waals surface area contributed by atoms with Crippen LogP contribution in [0.1, 0.15) is 86.6 Å². The number of anilines is 1. The van der Waals surface area contributed by atoms with Crippen molar-refractivity contribution in [2.24, 2.45) is 0 Å². The number of nitrogens with zero attached hydrogens (tertiary/aromatic N) is 2. The molecular weight excluding hydrogens is 753 g/mol. The van der Waals surface area contributed by atoms with Crippen molar-refractivity contribution in [2.45, 2.75) is 114 Å².